The Labute approximate surface area is 155 Å². The van der Waals surface area contributed by atoms with Crippen molar-refractivity contribution >= 4 is 17.6 Å². The average Bonchev–Trinajstić information content (AvgIpc) is 3.08. The maximum Gasteiger partial charge on any atom is 0.317 e. The number of likely N-dealkylation sites (N-methyl/N-ethyl adjacent to an activating group) is 1. The van der Waals surface area contributed by atoms with E-state index in [-0.39, 0.29) is 6.03 Å². The van der Waals surface area contributed by atoms with Crippen LogP contribution in [0.3, 0.4) is 0 Å². The molecule has 0 aromatic heterocycles. The fourth-order valence-corrected chi connectivity index (χ4v) is 4.08. The summed E-state index contributed by atoms with van der Waals surface area (Å²) in [6.45, 7) is 9.48. The highest BCUT2D eigenvalue weighted by Gasteiger charge is 2.25. The SMILES string of the molecule is CCN1CCC[C@@H]1CNC(=O)N1CCN(Cc2cccc(Cl)c2)CC1. The molecule has 2 aliphatic heterocycles. The number of carbonyl (C=O) groups excluding carboxylic acids is 1. The van der Waals surface area contributed by atoms with E-state index in [1.165, 1.54) is 24.9 Å². The molecular formula is C19H29ClN4O. The Morgan fingerprint density at radius 1 is 1.24 bits per heavy atom. The van der Waals surface area contributed by atoms with Crippen LogP contribution < -0.4 is 5.32 Å². The van der Waals surface area contributed by atoms with Gasteiger partial charge in [-0.05, 0) is 43.6 Å². The van der Waals surface area contributed by atoms with E-state index in [1.807, 2.05) is 23.1 Å². The fourth-order valence-electron chi connectivity index (χ4n) is 3.86. The lowest BCUT2D eigenvalue weighted by molar-refractivity contribution is 0.133. The number of nitrogens with zero attached hydrogens (tertiary/aromatic N) is 3. The normalized spacial score (nSPS) is 22.3. The zero-order chi connectivity index (χ0) is 17.6. The molecule has 1 atom stereocenters. The summed E-state index contributed by atoms with van der Waals surface area (Å²) in [5.41, 5.74) is 1.23. The summed E-state index contributed by atoms with van der Waals surface area (Å²) >= 11 is 6.05. The molecule has 0 unspecified atom stereocenters. The van der Waals surface area contributed by atoms with E-state index in [4.69, 9.17) is 11.6 Å². The molecule has 25 heavy (non-hydrogen) atoms. The highest BCUT2D eigenvalue weighted by atomic mass is 35.5. The van der Waals surface area contributed by atoms with Gasteiger partial charge in [-0.25, -0.2) is 4.79 Å². The Balaban J connectivity index is 1.40. The minimum atomic E-state index is 0.0883. The second-order valence-electron chi connectivity index (χ2n) is 7.00. The van der Waals surface area contributed by atoms with Gasteiger partial charge in [0.2, 0.25) is 0 Å². The van der Waals surface area contributed by atoms with Crippen LogP contribution in [0.15, 0.2) is 24.3 Å². The molecule has 1 N–H and O–H groups in total. The molecule has 0 saturated carbocycles. The van der Waals surface area contributed by atoms with Gasteiger partial charge >= 0.3 is 6.03 Å². The smallest absolute Gasteiger partial charge is 0.317 e. The van der Waals surface area contributed by atoms with Crippen molar-refractivity contribution in [2.75, 3.05) is 45.8 Å². The molecule has 0 spiro atoms. The summed E-state index contributed by atoms with van der Waals surface area (Å²) in [5, 5.41) is 3.92. The summed E-state index contributed by atoms with van der Waals surface area (Å²) in [7, 11) is 0. The van der Waals surface area contributed by atoms with Crippen molar-refractivity contribution in [2.45, 2.75) is 32.4 Å². The van der Waals surface area contributed by atoms with Crippen LogP contribution in [0.4, 0.5) is 4.79 Å². The fraction of sp³-hybridized carbons (Fsp3) is 0.632. The number of hydrogen-bond donors (Lipinski definition) is 1. The van der Waals surface area contributed by atoms with Crippen LogP contribution in [0.1, 0.15) is 25.3 Å². The minimum Gasteiger partial charge on any atom is -0.336 e. The summed E-state index contributed by atoms with van der Waals surface area (Å²) in [6.07, 6.45) is 2.44. The van der Waals surface area contributed by atoms with Crippen LogP contribution in [0.5, 0.6) is 0 Å². The largest absolute Gasteiger partial charge is 0.336 e. The summed E-state index contributed by atoms with van der Waals surface area (Å²) in [4.78, 5) is 19.2. The van der Waals surface area contributed by atoms with E-state index in [9.17, 15) is 4.79 Å². The third-order valence-corrected chi connectivity index (χ3v) is 5.58. The molecule has 5 nitrogen and oxygen atoms in total. The molecular weight excluding hydrogens is 336 g/mol. The molecule has 2 fully saturated rings. The lowest BCUT2D eigenvalue weighted by Gasteiger charge is -2.35. The molecule has 2 saturated heterocycles. The third kappa shape index (κ3) is 5.09. The molecule has 0 radical (unpaired) electrons. The van der Waals surface area contributed by atoms with Crippen molar-refractivity contribution in [3.8, 4) is 0 Å². The van der Waals surface area contributed by atoms with Crippen molar-refractivity contribution in [2.24, 2.45) is 0 Å². The third-order valence-electron chi connectivity index (χ3n) is 5.35. The van der Waals surface area contributed by atoms with Gasteiger partial charge in [-0.1, -0.05) is 30.7 Å². The first-order valence-corrected chi connectivity index (χ1v) is 9.77. The maximum absolute atomic E-state index is 12.4. The zero-order valence-corrected chi connectivity index (χ0v) is 15.8. The lowest BCUT2D eigenvalue weighted by Crippen LogP contribution is -2.53. The number of amides is 2. The quantitative estimate of drug-likeness (QED) is 0.873. The molecule has 2 heterocycles. The number of nitrogens with one attached hydrogen (secondary N) is 1. The summed E-state index contributed by atoms with van der Waals surface area (Å²) in [6, 6.07) is 8.61. The Morgan fingerprint density at radius 2 is 2.04 bits per heavy atom. The van der Waals surface area contributed by atoms with Crippen molar-refractivity contribution < 1.29 is 4.79 Å². The van der Waals surface area contributed by atoms with E-state index < -0.39 is 0 Å². The van der Waals surface area contributed by atoms with Gasteiger partial charge in [0.15, 0.2) is 0 Å². The van der Waals surface area contributed by atoms with Gasteiger partial charge in [-0.2, -0.15) is 0 Å². The number of carbonyl (C=O) groups is 1. The molecule has 1 aromatic rings. The first-order chi connectivity index (χ1) is 12.2. The summed E-state index contributed by atoms with van der Waals surface area (Å²) in [5.74, 6) is 0. The molecule has 0 aliphatic carbocycles. The van der Waals surface area contributed by atoms with Crippen LogP contribution in [0.2, 0.25) is 5.02 Å². The Kier molecular flexibility index (Phi) is 6.57. The van der Waals surface area contributed by atoms with Gasteiger partial charge in [-0.15, -0.1) is 0 Å². The van der Waals surface area contributed by atoms with E-state index >= 15 is 0 Å². The second kappa shape index (κ2) is 8.88. The number of halogens is 1. The van der Waals surface area contributed by atoms with Crippen molar-refractivity contribution in [3.05, 3.63) is 34.9 Å². The summed E-state index contributed by atoms with van der Waals surface area (Å²) < 4.78 is 0. The predicted octanol–water partition coefficient (Wildman–Crippen LogP) is 2.65. The van der Waals surface area contributed by atoms with Crippen LogP contribution in [-0.4, -0.2) is 72.6 Å². The highest BCUT2D eigenvalue weighted by Crippen LogP contribution is 2.16. The average molecular weight is 365 g/mol. The molecule has 0 bridgehead atoms. The first kappa shape index (κ1) is 18.5. The lowest BCUT2D eigenvalue weighted by atomic mass is 10.2. The van der Waals surface area contributed by atoms with Crippen molar-refractivity contribution in [3.63, 3.8) is 0 Å². The first-order valence-electron chi connectivity index (χ1n) is 9.39. The standard InChI is InChI=1S/C19H29ClN4O/c1-2-23-8-4-7-18(23)14-21-19(25)24-11-9-22(10-12-24)15-16-5-3-6-17(20)13-16/h3,5-6,13,18H,2,4,7-12,14-15H2,1H3,(H,21,25)/t18-/m1/s1. The predicted molar refractivity (Wildman–Crippen MR) is 102 cm³/mol. The van der Waals surface area contributed by atoms with Crippen LogP contribution in [0, 0.1) is 0 Å². The monoisotopic (exact) mass is 364 g/mol. The second-order valence-corrected chi connectivity index (χ2v) is 7.44. The van der Waals surface area contributed by atoms with Crippen LogP contribution >= 0.6 is 11.6 Å². The van der Waals surface area contributed by atoms with Gasteiger partial charge in [0.25, 0.3) is 0 Å². The zero-order valence-electron chi connectivity index (χ0n) is 15.1. The number of piperazine rings is 1. The Morgan fingerprint density at radius 3 is 2.76 bits per heavy atom. The van der Waals surface area contributed by atoms with E-state index in [2.05, 4.69) is 28.1 Å². The van der Waals surface area contributed by atoms with Gasteiger partial charge in [0.1, 0.15) is 0 Å². The van der Waals surface area contributed by atoms with Gasteiger partial charge < -0.3 is 10.2 Å². The van der Waals surface area contributed by atoms with Crippen molar-refractivity contribution in [1.29, 1.82) is 0 Å². The van der Waals surface area contributed by atoms with Crippen LogP contribution in [0.25, 0.3) is 0 Å². The Hall–Kier alpha value is -1.30. The Bertz CT molecular complexity index is 574. The molecule has 2 amide bonds. The number of urea groups is 1. The van der Waals surface area contributed by atoms with Crippen LogP contribution in [-0.2, 0) is 6.54 Å². The molecule has 1 aromatic carbocycles. The molecule has 3 rings (SSSR count). The topological polar surface area (TPSA) is 38.8 Å². The van der Waals surface area contributed by atoms with Gasteiger partial charge in [0.05, 0.1) is 0 Å². The molecule has 2 aliphatic rings. The van der Waals surface area contributed by atoms with Gasteiger partial charge in [0, 0.05) is 50.3 Å². The number of rotatable bonds is 5. The highest BCUT2D eigenvalue weighted by molar-refractivity contribution is 6.30. The number of hydrogen-bond acceptors (Lipinski definition) is 3. The van der Waals surface area contributed by atoms with Crippen molar-refractivity contribution in [1.82, 2.24) is 20.0 Å². The van der Waals surface area contributed by atoms with Gasteiger partial charge in [-0.3, -0.25) is 9.80 Å². The molecule has 6 heteroatoms. The van der Waals surface area contributed by atoms with E-state index in [1.54, 1.807) is 0 Å². The number of likely N-dealkylation sites (tertiary alicyclic amines) is 1. The maximum atomic E-state index is 12.4. The van der Waals surface area contributed by atoms with E-state index in [0.717, 1.165) is 50.8 Å². The molecule has 138 valence electrons. The number of benzene rings is 1. The minimum absolute atomic E-state index is 0.0883. The van der Waals surface area contributed by atoms with E-state index in [0.29, 0.717) is 6.04 Å².